The Bertz CT molecular complexity index is 654. The van der Waals surface area contributed by atoms with Crippen LogP contribution in [0.5, 0.6) is 0 Å². The second kappa shape index (κ2) is 6.47. The Hall–Kier alpha value is -1.56. The highest BCUT2D eigenvalue weighted by Crippen LogP contribution is 2.29. The fourth-order valence-corrected chi connectivity index (χ4v) is 3.09. The molecule has 0 radical (unpaired) electrons. The van der Waals surface area contributed by atoms with Gasteiger partial charge < -0.3 is 10.3 Å². The van der Waals surface area contributed by atoms with E-state index in [0.29, 0.717) is 11.6 Å². The first-order valence-corrected chi connectivity index (χ1v) is 7.04. The lowest BCUT2D eigenvalue weighted by Gasteiger charge is -2.23. The standard InChI is InChI=1S/C15H19N3O2.ClH/c1-2-16-10-4-6-14-12(8-10)11-7-9(15(19)18-20)3-5-13(11)17-14;/h3,5,7,10,16-17,20H,2,4,6,8H2,1H3,(H,18,19);1H. The van der Waals surface area contributed by atoms with Crippen molar-refractivity contribution in [2.24, 2.45) is 0 Å². The number of amides is 1. The number of hydroxylamine groups is 1. The highest BCUT2D eigenvalue weighted by Gasteiger charge is 2.22. The number of fused-ring (bicyclic) bond motifs is 3. The number of benzene rings is 1. The van der Waals surface area contributed by atoms with E-state index in [1.54, 1.807) is 11.5 Å². The smallest absolute Gasteiger partial charge is 0.274 e. The van der Waals surface area contributed by atoms with Gasteiger partial charge in [0.15, 0.2) is 0 Å². The lowest BCUT2D eigenvalue weighted by Crippen LogP contribution is -2.34. The van der Waals surface area contributed by atoms with Gasteiger partial charge in [-0.1, -0.05) is 6.92 Å². The van der Waals surface area contributed by atoms with E-state index < -0.39 is 5.91 Å². The molecule has 6 heteroatoms. The third-order valence-electron chi connectivity index (χ3n) is 4.04. The van der Waals surface area contributed by atoms with Crippen LogP contribution in [0.3, 0.4) is 0 Å². The van der Waals surface area contributed by atoms with Crippen LogP contribution in [-0.2, 0) is 12.8 Å². The maximum absolute atomic E-state index is 11.5. The first-order chi connectivity index (χ1) is 9.72. The van der Waals surface area contributed by atoms with E-state index in [0.717, 1.165) is 36.7 Å². The van der Waals surface area contributed by atoms with Crippen molar-refractivity contribution in [3.8, 4) is 0 Å². The maximum Gasteiger partial charge on any atom is 0.274 e. The Morgan fingerprint density at radius 1 is 1.48 bits per heavy atom. The van der Waals surface area contributed by atoms with Gasteiger partial charge in [0.05, 0.1) is 0 Å². The van der Waals surface area contributed by atoms with E-state index in [2.05, 4.69) is 17.2 Å². The van der Waals surface area contributed by atoms with Crippen LogP contribution in [0.2, 0.25) is 0 Å². The van der Waals surface area contributed by atoms with E-state index in [1.807, 2.05) is 12.1 Å². The molecule has 3 rings (SSSR count). The minimum absolute atomic E-state index is 0. The number of likely N-dealkylation sites (N-methyl/N-ethyl adjacent to an activating group) is 1. The number of aromatic nitrogens is 1. The van der Waals surface area contributed by atoms with Crippen LogP contribution >= 0.6 is 12.4 Å². The first-order valence-electron chi connectivity index (χ1n) is 7.04. The molecule has 0 bridgehead atoms. The van der Waals surface area contributed by atoms with E-state index >= 15 is 0 Å². The molecule has 2 aromatic rings. The number of H-pyrrole nitrogens is 1. The molecule has 4 N–H and O–H groups in total. The van der Waals surface area contributed by atoms with Crippen molar-refractivity contribution in [2.75, 3.05) is 6.54 Å². The fourth-order valence-electron chi connectivity index (χ4n) is 3.09. The van der Waals surface area contributed by atoms with Crippen molar-refractivity contribution >= 4 is 29.2 Å². The predicted octanol–water partition coefficient (Wildman–Crippen LogP) is 2.18. The molecule has 1 unspecified atom stereocenters. The second-order valence-electron chi connectivity index (χ2n) is 5.28. The molecule has 0 saturated heterocycles. The summed E-state index contributed by atoms with van der Waals surface area (Å²) in [4.78, 5) is 15.0. The number of aromatic amines is 1. The Morgan fingerprint density at radius 3 is 3.00 bits per heavy atom. The number of carbonyl (C=O) groups is 1. The fraction of sp³-hybridized carbons (Fsp3) is 0.400. The number of hydrogen-bond donors (Lipinski definition) is 4. The average Bonchev–Trinajstić information content (AvgIpc) is 2.84. The van der Waals surface area contributed by atoms with E-state index in [4.69, 9.17) is 5.21 Å². The quantitative estimate of drug-likeness (QED) is 0.518. The van der Waals surface area contributed by atoms with Crippen LogP contribution in [0.4, 0.5) is 0 Å². The minimum atomic E-state index is -0.471. The number of nitrogens with one attached hydrogen (secondary N) is 3. The van der Waals surface area contributed by atoms with E-state index in [1.165, 1.54) is 11.3 Å². The lowest BCUT2D eigenvalue weighted by molar-refractivity contribution is 0.0706. The summed E-state index contributed by atoms with van der Waals surface area (Å²) in [6.45, 7) is 3.09. The Kier molecular flexibility index (Phi) is 4.88. The molecule has 0 spiro atoms. The van der Waals surface area contributed by atoms with Crippen LogP contribution in [0.15, 0.2) is 18.2 Å². The SMILES string of the molecule is CCNC1CCc2[nH]c3ccc(C(=O)NO)cc3c2C1.Cl. The molecule has 1 aliphatic carbocycles. The molecule has 21 heavy (non-hydrogen) atoms. The molecule has 0 saturated carbocycles. The summed E-state index contributed by atoms with van der Waals surface area (Å²) >= 11 is 0. The zero-order valence-corrected chi connectivity index (χ0v) is 12.7. The van der Waals surface area contributed by atoms with Gasteiger partial charge in [0.1, 0.15) is 0 Å². The summed E-state index contributed by atoms with van der Waals surface area (Å²) in [7, 11) is 0. The summed E-state index contributed by atoms with van der Waals surface area (Å²) in [6.07, 6.45) is 3.15. The Labute approximate surface area is 129 Å². The van der Waals surface area contributed by atoms with Crippen molar-refractivity contribution in [3.05, 3.63) is 35.0 Å². The largest absolute Gasteiger partial charge is 0.358 e. The summed E-state index contributed by atoms with van der Waals surface area (Å²) in [5.74, 6) is -0.471. The summed E-state index contributed by atoms with van der Waals surface area (Å²) in [5, 5.41) is 13.3. The van der Waals surface area contributed by atoms with Gasteiger partial charge in [0.25, 0.3) is 5.91 Å². The normalized spacial score (nSPS) is 17.1. The molecule has 5 nitrogen and oxygen atoms in total. The number of rotatable bonds is 3. The first kappa shape index (κ1) is 15.8. The second-order valence-corrected chi connectivity index (χ2v) is 5.28. The summed E-state index contributed by atoms with van der Waals surface area (Å²) in [6, 6.07) is 5.98. The highest BCUT2D eigenvalue weighted by molar-refractivity contribution is 5.98. The number of aryl methyl sites for hydroxylation is 1. The molecular formula is C15H20ClN3O2. The number of carbonyl (C=O) groups excluding carboxylic acids is 1. The Balaban J connectivity index is 0.00000161. The zero-order chi connectivity index (χ0) is 14.1. The highest BCUT2D eigenvalue weighted by atomic mass is 35.5. The molecule has 1 heterocycles. The van der Waals surface area contributed by atoms with Gasteiger partial charge in [0.2, 0.25) is 0 Å². The Morgan fingerprint density at radius 2 is 2.29 bits per heavy atom. The van der Waals surface area contributed by atoms with Gasteiger partial charge in [-0.25, -0.2) is 5.48 Å². The monoisotopic (exact) mass is 309 g/mol. The predicted molar refractivity (Wildman–Crippen MR) is 84.3 cm³/mol. The third-order valence-corrected chi connectivity index (χ3v) is 4.04. The van der Waals surface area contributed by atoms with Crippen molar-refractivity contribution in [1.82, 2.24) is 15.8 Å². The minimum Gasteiger partial charge on any atom is -0.358 e. The van der Waals surface area contributed by atoms with Crippen LogP contribution in [0.25, 0.3) is 10.9 Å². The molecule has 1 aromatic carbocycles. The van der Waals surface area contributed by atoms with Gasteiger partial charge >= 0.3 is 0 Å². The van der Waals surface area contributed by atoms with Crippen molar-refractivity contribution in [2.45, 2.75) is 32.2 Å². The molecule has 0 aliphatic heterocycles. The van der Waals surface area contributed by atoms with Crippen LogP contribution in [0, 0.1) is 0 Å². The average molecular weight is 310 g/mol. The van der Waals surface area contributed by atoms with Gasteiger partial charge in [-0.15, -0.1) is 12.4 Å². The molecule has 1 aliphatic rings. The van der Waals surface area contributed by atoms with Gasteiger partial charge in [-0.3, -0.25) is 10.0 Å². The maximum atomic E-state index is 11.5. The molecule has 0 fully saturated rings. The molecule has 1 aromatic heterocycles. The molecular weight excluding hydrogens is 290 g/mol. The zero-order valence-electron chi connectivity index (χ0n) is 11.9. The van der Waals surface area contributed by atoms with Crippen LogP contribution in [-0.4, -0.2) is 28.7 Å². The van der Waals surface area contributed by atoms with Crippen LogP contribution < -0.4 is 10.8 Å². The third kappa shape index (κ3) is 2.90. The van der Waals surface area contributed by atoms with Gasteiger partial charge in [-0.05, 0) is 49.6 Å². The van der Waals surface area contributed by atoms with Gasteiger partial charge in [-0.2, -0.15) is 0 Å². The molecule has 1 amide bonds. The number of hydrogen-bond acceptors (Lipinski definition) is 3. The molecule has 114 valence electrons. The van der Waals surface area contributed by atoms with Crippen molar-refractivity contribution in [1.29, 1.82) is 0 Å². The topological polar surface area (TPSA) is 77.2 Å². The van der Waals surface area contributed by atoms with Crippen molar-refractivity contribution < 1.29 is 10.0 Å². The van der Waals surface area contributed by atoms with E-state index in [9.17, 15) is 4.79 Å². The number of halogens is 1. The van der Waals surface area contributed by atoms with Gasteiger partial charge in [0, 0.05) is 28.2 Å². The van der Waals surface area contributed by atoms with Crippen LogP contribution in [0.1, 0.15) is 35.0 Å². The van der Waals surface area contributed by atoms with E-state index in [-0.39, 0.29) is 12.4 Å². The van der Waals surface area contributed by atoms with Crippen molar-refractivity contribution in [3.63, 3.8) is 0 Å². The summed E-state index contributed by atoms with van der Waals surface area (Å²) in [5.41, 5.74) is 5.79. The summed E-state index contributed by atoms with van der Waals surface area (Å²) < 4.78 is 0. The molecule has 1 atom stereocenters. The lowest BCUT2D eigenvalue weighted by atomic mass is 9.91.